The molecule has 0 amide bonds. The van der Waals surface area contributed by atoms with Gasteiger partial charge in [-0.3, -0.25) is 9.88 Å². The number of rotatable bonds is 7. The van der Waals surface area contributed by atoms with E-state index in [1.807, 2.05) is 12.1 Å². The molecule has 0 spiro atoms. The monoisotopic (exact) mass is 390 g/mol. The predicted octanol–water partition coefficient (Wildman–Crippen LogP) is 3.21. The van der Waals surface area contributed by atoms with Crippen molar-refractivity contribution in [2.45, 2.75) is 38.2 Å². The Balaban J connectivity index is 1.36. The summed E-state index contributed by atoms with van der Waals surface area (Å²) in [7, 11) is 1.62. The third-order valence-electron chi connectivity index (χ3n) is 5.32. The van der Waals surface area contributed by atoms with Gasteiger partial charge in [0.05, 0.1) is 26.5 Å². The number of aromatic nitrogens is 3. The standard InChI is InChI=1S/C20H24F2N4O2/c1-13-23-8-15(10-26-6-5-20(21,22)12-26)19(25-13)28-11-14-7-17(14)18-4-3-16(27-2)9-24-18/h3-4,8-9,14,17H,5-7,10-12H2,1-2H3/t14-,17+/m1/s1. The zero-order valence-corrected chi connectivity index (χ0v) is 16.1. The van der Waals surface area contributed by atoms with Crippen LogP contribution in [-0.4, -0.2) is 52.6 Å². The van der Waals surface area contributed by atoms with E-state index in [1.54, 1.807) is 31.3 Å². The third-order valence-corrected chi connectivity index (χ3v) is 5.32. The average molecular weight is 390 g/mol. The summed E-state index contributed by atoms with van der Waals surface area (Å²) in [6.45, 7) is 2.83. The molecule has 2 aromatic rings. The van der Waals surface area contributed by atoms with Gasteiger partial charge in [-0.15, -0.1) is 0 Å². The van der Waals surface area contributed by atoms with Crippen LogP contribution in [-0.2, 0) is 6.54 Å². The maximum absolute atomic E-state index is 13.5. The smallest absolute Gasteiger partial charge is 0.261 e. The lowest BCUT2D eigenvalue weighted by atomic mass is 10.2. The second-order valence-electron chi connectivity index (χ2n) is 7.60. The number of hydrogen-bond donors (Lipinski definition) is 0. The van der Waals surface area contributed by atoms with Crippen molar-refractivity contribution in [3.05, 3.63) is 41.6 Å². The van der Waals surface area contributed by atoms with Crippen molar-refractivity contribution in [2.75, 3.05) is 26.8 Å². The van der Waals surface area contributed by atoms with E-state index in [0.717, 1.165) is 23.4 Å². The molecule has 2 aromatic heterocycles. The van der Waals surface area contributed by atoms with Crippen molar-refractivity contribution >= 4 is 0 Å². The highest BCUT2D eigenvalue weighted by Crippen LogP contribution is 2.47. The highest BCUT2D eigenvalue weighted by molar-refractivity contribution is 5.26. The van der Waals surface area contributed by atoms with E-state index in [0.29, 0.717) is 43.2 Å². The molecule has 1 saturated heterocycles. The highest BCUT2D eigenvalue weighted by atomic mass is 19.3. The fourth-order valence-electron chi connectivity index (χ4n) is 3.60. The molecule has 1 aliphatic carbocycles. The van der Waals surface area contributed by atoms with E-state index < -0.39 is 5.92 Å². The van der Waals surface area contributed by atoms with E-state index >= 15 is 0 Å². The lowest BCUT2D eigenvalue weighted by Crippen LogP contribution is -2.25. The van der Waals surface area contributed by atoms with Crippen LogP contribution < -0.4 is 9.47 Å². The van der Waals surface area contributed by atoms with Gasteiger partial charge in [0.1, 0.15) is 11.6 Å². The molecule has 2 atom stereocenters. The summed E-state index contributed by atoms with van der Waals surface area (Å²) in [5.41, 5.74) is 1.79. The Kier molecular flexibility index (Phi) is 5.14. The average Bonchev–Trinajstić information content (AvgIpc) is 3.38. The zero-order valence-electron chi connectivity index (χ0n) is 16.1. The molecule has 1 aliphatic heterocycles. The van der Waals surface area contributed by atoms with Crippen molar-refractivity contribution in [3.63, 3.8) is 0 Å². The second kappa shape index (κ2) is 7.58. The molecule has 3 heterocycles. The van der Waals surface area contributed by atoms with Gasteiger partial charge in [0, 0.05) is 48.8 Å². The topological polar surface area (TPSA) is 60.4 Å². The molecular formula is C20H24F2N4O2. The van der Waals surface area contributed by atoms with E-state index in [2.05, 4.69) is 15.0 Å². The van der Waals surface area contributed by atoms with E-state index in [-0.39, 0.29) is 13.0 Å². The van der Waals surface area contributed by atoms with Gasteiger partial charge >= 0.3 is 0 Å². The van der Waals surface area contributed by atoms with Gasteiger partial charge in [-0.2, -0.15) is 4.98 Å². The number of methoxy groups -OCH3 is 1. The fraction of sp³-hybridized carbons (Fsp3) is 0.550. The van der Waals surface area contributed by atoms with Crippen LogP contribution in [0.2, 0.25) is 0 Å². The van der Waals surface area contributed by atoms with Crippen LogP contribution in [0, 0.1) is 12.8 Å². The normalized spacial score (nSPS) is 23.6. The van der Waals surface area contributed by atoms with Crippen molar-refractivity contribution in [1.82, 2.24) is 19.9 Å². The summed E-state index contributed by atoms with van der Waals surface area (Å²) in [5.74, 6) is -0.0228. The largest absolute Gasteiger partial charge is 0.495 e. The van der Waals surface area contributed by atoms with E-state index in [9.17, 15) is 8.78 Å². The maximum Gasteiger partial charge on any atom is 0.261 e. The Morgan fingerprint density at radius 3 is 2.79 bits per heavy atom. The lowest BCUT2D eigenvalue weighted by molar-refractivity contribution is 0.0114. The number of nitrogens with zero attached hydrogens (tertiary/aromatic N) is 4. The summed E-state index contributed by atoms with van der Waals surface area (Å²) >= 11 is 0. The molecule has 0 unspecified atom stereocenters. The zero-order chi connectivity index (χ0) is 19.7. The van der Waals surface area contributed by atoms with Gasteiger partial charge in [0.25, 0.3) is 5.92 Å². The van der Waals surface area contributed by atoms with Gasteiger partial charge < -0.3 is 9.47 Å². The van der Waals surface area contributed by atoms with Crippen LogP contribution in [0.4, 0.5) is 8.78 Å². The molecule has 2 aliphatic rings. The Morgan fingerprint density at radius 1 is 1.25 bits per heavy atom. The molecule has 0 bridgehead atoms. The molecule has 8 heteroatoms. The van der Waals surface area contributed by atoms with Crippen molar-refractivity contribution < 1.29 is 18.3 Å². The first-order valence-electron chi connectivity index (χ1n) is 9.49. The van der Waals surface area contributed by atoms with Gasteiger partial charge in [-0.05, 0) is 25.5 Å². The number of aryl methyl sites for hydroxylation is 1. The van der Waals surface area contributed by atoms with Gasteiger partial charge in [0.2, 0.25) is 5.88 Å². The first-order valence-corrected chi connectivity index (χ1v) is 9.49. The highest BCUT2D eigenvalue weighted by Gasteiger charge is 2.41. The molecule has 28 heavy (non-hydrogen) atoms. The number of pyridine rings is 1. The predicted molar refractivity (Wildman–Crippen MR) is 98.7 cm³/mol. The molecular weight excluding hydrogens is 366 g/mol. The third kappa shape index (κ3) is 4.38. The molecule has 0 radical (unpaired) electrons. The molecule has 6 nitrogen and oxygen atoms in total. The van der Waals surface area contributed by atoms with Gasteiger partial charge in [-0.1, -0.05) is 0 Å². The van der Waals surface area contributed by atoms with Crippen LogP contribution in [0.15, 0.2) is 24.5 Å². The minimum atomic E-state index is -2.61. The first-order chi connectivity index (χ1) is 13.4. The lowest BCUT2D eigenvalue weighted by Gasteiger charge is -2.17. The first kappa shape index (κ1) is 19.0. The van der Waals surface area contributed by atoms with E-state index in [4.69, 9.17) is 9.47 Å². The van der Waals surface area contributed by atoms with Crippen molar-refractivity contribution in [2.24, 2.45) is 5.92 Å². The Hall–Kier alpha value is -2.35. The summed E-state index contributed by atoms with van der Waals surface area (Å²) in [5, 5.41) is 0. The summed E-state index contributed by atoms with van der Waals surface area (Å²) in [4.78, 5) is 14.8. The molecule has 2 fully saturated rings. The molecule has 4 rings (SSSR count). The minimum Gasteiger partial charge on any atom is -0.495 e. The van der Waals surface area contributed by atoms with E-state index in [1.165, 1.54) is 0 Å². The van der Waals surface area contributed by atoms with Crippen LogP contribution in [0.25, 0.3) is 0 Å². The SMILES string of the molecule is COc1ccc([C@H]2C[C@@H]2COc2nc(C)ncc2CN2CCC(F)(F)C2)nc1. The summed E-state index contributed by atoms with van der Waals surface area (Å²) < 4.78 is 38.0. The number of halogens is 2. The molecule has 0 aromatic carbocycles. The van der Waals surface area contributed by atoms with Crippen LogP contribution in [0.5, 0.6) is 11.6 Å². The van der Waals surface area contributed by atoms with Crippen molar-refractivity contribution in [1.29, 1.82) is 0 Å². The number of likely N-dealkylation sites (tertiary alicyclic amines) is 1. The number of hydrogen-bond acceptors (Lipinski definition) is 6. The second-order valence-corrected chi connectivity index (χ2v) is 7.60. The van der Waals surface area contributed by atoms with Crippen LogP contribution >= 0.6 is 0 Å². The number of ether oxygens (including phenoxy) is 2. The fourth-order valence-corrected chi connectivity index (χ4v) is 3.60. The van der Waals surface area contributed by atoms with Crippen LogP contribution in [0.1, 0.15) is 35.8 Å². The molecule has 150 valence electrons. The quantitative estimate of drug-likeness (QED) is 0.724. The van der Waals surface area contributed by atoms with Crippen molar-refractivity contribution in [3.8, 4) is 11.6 Å². The van der Waals surface area contributed by atoms with Gasteiger partial charge in [0.15, 0.2) is 0 Å². The summed E-state index contributed by atoms with van der Waals surface area (Å²) in [6.07, 6.45) is 4.32. The Labute approximate surface area is 162 Å². The minimum absolute atomic E-state index is 0.103. The summed E-state index contributed by atoms with van der Waals surface area (Å²) in [6, 6.07) is 3.90. The molecule has 0 N–H and O–H groups in total. The number of alkyl halides is 2. The Morgan fingerprint density at radius 2 is 2.11 bits per heavy atom. The van der Waals surface area contributed by atoms with Gasteiger partial charge in [-0.25, -0.2) is 13.8 Å². The maximum atomic E-state index is 13.5. The molecule has 1 saturated carbocycles. The Bertz CT molecular complexity index is 831. The van der Waals surface area contributed by atoms with Crippen LogP contribution in [0.3, 0.4) is 0 Å².